The average Bonchev–Trinajstić information content (AvgIpc) is 2.25. The Morgan fingerprint density at radius 3 is 2.31 bits per heavy atom. The van der Waals surface area contributed by atoms with E-state index in [1.807, 2.05) is 19.9 Å². The molecule has 0 aliphatic carbocycles. The van der Waals surface area contributed by atoms with Gasteiger partial charge in [-0.3, -0.25) is 0 Å². The molecule has 0 spiro atoms. The first-order valence-electron chi connectivity index (χ1n) is 4.95. The van der Waals surface area contributed by atoms with Gasteiger partial charge in [0.25, 0.3) is 9.05 Å². The normalized spacial score (nSPS) is 11.1. The van der Waals surface area contributed by atoms with E-state index in [0.717, 1.165) is 5.56 Å². The molecule has 3 nitrogen and oxygen atoms in total. The van der Waals surface area contributed by atoms with E-state index in [1.54, 1.807) is 6.07 Å². The molecule has 16 heavy (non-hydrogen) atoms. The fourth-order valence-corrected chi connectivity index (χ4v) is 3.23. The zero-order valence-corrected chi connectivity index (χ0v) is 10.7. The molecule has 0 fully saturated rings. The van der Waals surface area contributed by atoms with Crippen LogP contribution in [0.3, 0.4) is 0 Å². The molecule has 0 aromatic heterocycles. The summed E-state index contributed by atoms with van der Waals surface area (Å²) in [5.41, 5.74) is 1.68. The maximum atomic E-state index is 11.5. The molecule has 1 aromatic rings. The summed E-state index contributed by atoms with van der Waals surface area (Å²) in [6.07, 6.45) is 1.26. The highest BCUT2D eigenvalue weighted by Gasteiger charge is 2.21. The lowest BCUT2D eigenvalue weighted by molar-refractivity contribution is 0.608. The zero-order chi connectivity index (χ0) is 12.3. The van der Waals surface area contributed by atoms with Gasteiger partial charge in [-0.05, 0) is 30.0 Å². The van der Waals surface area contributed by atoms with Gasteiger partial charge in [-0.1, -0.05) is 19.9 Å². The topological polar surface area (TPSA) is 57.9 Å². The number of halogens is 1. The van der Waals surface area contributed by atoms with Crippen molar-refractivity contribution in [1.82, 2.24) is 0 Å². The molecule has 0 aliphatic rings. The van der Waals surface area contributed by atoms with Gasteiger partial charge in [0, 0.05) is 10.7 Å². The van der Waals surface area contributed by atoms with Crippen molar-refractivity contribution >= 4 is 19.7 Å². The molecular formula is C11H12ClNO2S. The lowest BCUT2D eigenvalue weighted by Crippen LogP contribution is -2.04. The third-order valence-corrected chi connectivity index (χ3v) is 3.87. The first kappa shape index (κ1) is 13.0. The van der Waals surface area contributed by atoms with E-state index in [0.29, 0.717) is 18.4 Å². The molecule has 0 heterocycles. The third kappa shape index (κ3) is 2.37. The van der Waals surface area contributed by atoms with E-state index < -0.39 is 9.05 Å². The van der Waals surface area contributed by atoms with Crippen LogP contribution in [0.1, 0.15) is 30.5 Å². The Labute approximate surface area is 100 Å². The van der Waals surface area contributed by atoms with Crippen molar-refractivity contribution in [3.05, 3.63) is 28.8 Å². The fraction of sp³-hybridized carbons (Fsp3) is 0.364. The van der Waals surface area contributed by atoms with Crippen LogP contribution in [0.25, 0.3) is 0 Å². The molecule has 0 atom stereocenters. The summed E-state index contributed by atoms with van der Waals surface area (Å²) in [5, 5.41) is 8.89. The van der Waals surface area contributed by atoms with E-state index in [-0.39, 0.29) is 10.5 Å². The van der Waals surface area contributed by atoms with Gasteiger partial charge < -0.3 is 0 Å². The lowest BCUT2D eigenvalue weighted by Gasteiger charge is -2.11. The van der Waals surface area contributed by atoms with Crippen molar-refractivity contribution < 1.29 is 8.42 Å². The molecule has 1 aromatic carbocycles. The summed E-state index contributed by atoms with van der Waals surface area (Å²) in [4.78, 5) is -0.0292. The summed E-state index contributed by atoms with van der Waals surface area (Å²) in [6.45, 7) is 3.78. The van der Waals surface area contributed by atoms with Crippen LogP contribution in [0.5, 0.6) is 0 Å². The number of nitrogens with zero attached hydrogens (tertiary/aromatic N) is 1. The van der Waals surface area contributed by atoms with Gasteiger partial charge in [0.15, 0.2) is 0 Å². The van der Waals surface area contributed by atoms with E-state index in [4.69, 9.17) is 15.9 Å². The quantitative estimate of drug-likeness (QED) is 0.782. The van der Waals surface area contributed by atoms with Crippen molar-refractivity contribution in [2.24, 2.45) is 0 Å². The Balaban J connectivity index is 3.72. The van der Waals surface area contributed by atoms with E-state index in [2.05, 4.69) is 0 Å². The summed E-state index contributed by atoms with van der Waals surface area (Å²) >= 11 is 0. The van der Waals surface area contributed by atoms with Gasteiger partial charge in [0.05, 0.1) is 5.56 Å². The molecule has 0 bridgehead atoms. The van der Waals surface area contributed by atoms with Crippen LogP contribution in [0, 0.1) is 11.3 Å². The van der Waals surface area contributed by atoms with Gasteiger partial charge >= 0.3 is 0 Å². The second kappa shape index (κ2) is 4.86. The largest absolute Gasteiger partial charge is 0.262 e. The third-order valence-electron chi connectivity index (χ3n) is 2.46. The molecular weight excluding hydrogens is 246 g/mol. The number of hydrogen-bond donors (Lipinski definition) is 0. The minimum absolute atomic E-state index is 0.0292. The second-order valence-electron chi connectivity index (χ2n) is 3.34. The van der Waals surface area contributed by atoms with Crippen molar-refractivity contribution in [2.75, 3.05) is 0 Å². The first-order valence-corrected chi connectivity index (χ1v) is 7.26. The Bertz CT molecular complexity index is 544. The Morgan fingerprint density at radius 2 is 1.94 bits per heavy atom. The van der Waals surface area contributed by atoms with Gasteiger partial charge in [-0.25, -0.2) is 8.42 Å². The van der Waals surface area contributed by atoms with Gasteiger partial charge in [-0.2, -0.15) is 5.26 Å². The minimum atomic E-state index is -3.87. The van der Waals surface area contributed by atoms with Crippen molar-refractivity contribution in [3.63, 3.8) is 0 Å². The van der Waals surface area contributed by atoms with Crippen molar-refractivity contribution in [2.45, 2.75) is 31.6 Å². The van der Waals surface area contributed by atoms with Crippen LogP contribution < -0.4 is 0 Å². The van der Waals surface area contributed by atoms with E-state index in [1.165, 1.54) is 6.07 Å². The fourth-order valence-electron chi connectivity index (χ4n) is 1.75. The standard InChI is InChI=1S/C11H12ClNO2S/c1-3-8-5-6-9(7-13)11(10(8)4-2)16(12,14)15/h5-6H,3-4H2,1-2H3. The lowest BCUT2D eigenvalue weighted by atomic mass is 10.0. The molecule has 0 amide bonds. The number of rotatable bonds is 3. The van der Waals surface area contributed by atoms with E-state index >= 15 is 0 Å². The highest BCUT2D eigenvalue weighted by molar-refractivity contribution is 8.13. The molecule has 0 saturated carbocycles. The molecule has 0 radical (unpaired) electrons. The molecule has 0 saturated heterocycles. The number of hydrogen-bond acceptors (Lipinski definition) is 3. The highest BCUT2D eigenvalue weighted by Crippen LogP contribution is 2.27. The van der Waals surface area contributed by atoms with Crippen LogP contribution in [0.15, 0.2) is 17.0 Å². The predicted octanol–water partition coefficient (Wildman–Crippen LogP) is 2.61. The van der Waals surface area contributed by atoms with Gasteiger partial charge in [0.2, 0.25) is 0 Å². The summed E-state index contributed by atoms with van der Waals surface area (Å²) < 4.78 is 22.9. The van der Waals surface area contributed by atoms with Crippen LogP contribution in [-0.2, 0) is 21.9 Å². The second-order valence-corrected chi connectivity index (χ2v) is 5.84. The smallest absolute Gasteiger partial charge is 0.207 e. The number of aryl methyl sites for hydroxylation is 1. The van der Waals surface area contributed by atoms with Crippen LogP contribution >= 0.6 is 10.7 Å². The van der Waals surface area contributed by atoms with Gasteiger partial charge in [0.1, 0.15) is 11.0 Å². The van der Waals surface area contributed by atoms with Crippen LogP contribution in [0.2, 0.25) is 0 Å². The van der Waals surface area contributed by atoms with Crippen LogP contribution in [-0.4, -0.2) is 8.42 Å². The van der Waals surface area contributed by atoms with Crippen molar-refractivity contribution in [3.8, 4) is 6.07 Å². The molecule has 0 unspecified atom stereocenters. The minimum Gasteiger partial charge on any atom is -0.207 e. The molecule has 5 heteroatoms. The van der Waals surface area contributed by atoms with E-state index in [9.17, 15) is 8.42 Å². The van der Waals surface area contributed by atoms with Crippen LogP contribution in [0.4, 0.5) is 0 Å². The van der Waals surface area contributed by atoms with Gasteiger partial charge in [-0.15, -0.1) is 0 Å². The zero-order valence-electron chi connectivity index (χ0n) is 9.12. The average molecular weight is 258 g/mol. The highest BCUT2D eigenvalue weighted by atomic mass is 35.7. The Kier molecular flexibility index (Phi) is 3.95. The number of benzene rings is 1. The molecule has 1 rings (SSSR count). The summed E-state index contributed by atoms with van der Waals surface area (Å²) in [6, 6.07) is 5.15. The predicted molar refractivity (Wildman–Crippen MR) is 63.0 cm³/mol. The maximum absolute atomic E-state index is 11.5. The van der Waals surface area contributed by atoms with Crippen molar-refractivity contribution in [1.29, 1.82) is 5.26 Å². The molecule has 86 valence electrons. The SMILES string of the molecule is CCc1ccc(C#N)c(S(=O)(=O)Cl)c1CC. The summed E-state index contributed by atoms with van der Waals surface area (Å²) in [5.74, 6) is 0. The summed E-state index contributed by atoms with van der Waals surface area (Å²) in [7, 11) is 1.51. The maximum Gasteiger partial charge on any atom is 0.262 e. The molecule has 0 N–H and O–H groups in total. The first-order chi connectivity index (χ1) is 7.45. The monoisotopic (exact) mass is 257 g/mol. The molecule has 0 aliphatic heterocycles. The number of nitriles is 1. The Hall–Kier alpha value is -1.05. The Morgan fingerprint density at radius 1 is 1.31 bits per heavy atom.